The molecule has 0 saturated carbocycles. The van der Waals surface area contributed by atoms with E-state index >= 15 is 0 Å². The van der Waals surface area contributed by atoms with Crippen LogP contribution in [0.5, 0.6) is 0 Å². The Morgan fingerprint density at radius 1 is 1.10 bits per heavy atom. The molecule has 0 fully saturated rings. The molecular weight excluding hydrogens is 272 g/mol. The van der Waals surface area contributed by atoms with Crippen molar-refractivity contribution in [3.8, 4) is 0 Å². The second kappa shape index (κ2) is 6.44. The number of aryl methyl sites for hydroxylation is 1. The summed E-state index contributed by atoms with van der Waals surface area (Å²) in [5, 5.41) is 6.14. The summed E-state index contributed by atoms with van der Waals surface area (Å²) in [6.07, 6.45) is 0. The van der Waals surface area contributed by atoms with Crippen LogP contribution in [0.3, 0.4) is 0 Å². The van der Waals surface area contributed by atoms with Crippen molar-refractivity contribution in [1.29, 1.82) is 0 Å². The summed E-state index contributed by atoms with van der Waals surface area (Å²) in [5.74, 6) is 0. The molecule has 104 valence electrons. The van der Waals surface area contributed by atoms with Gasteiger partial charge in [0.15, 0.2) is 0 Å². The number of amides is 2. The lowest BCUT2D eigenvalue weighted by molar-refractivity contribution is 0.249. The normalized spacial score (nSPS) is 11.8. The number of anilines is 1. The molecule has 20 heavy (non-hydrogen) atoms. The largest absolute Gasteiger partial charge is 0.331 e. The molecule has 0 spiro atoms. The van der Waals surface area contributed by atoms with Gasteiger partial charge in [-0.3, -0.25) is 0 Å². The van der Waals surface area contributed by atoms with Gasteiger partial charge in [0, 0.05) is 0 Å². The molecule has 0 aliphatic rings. The van der Waals surface area contributed by atoms with Gasteiger partial charge in [-0.25, -0.2) is 4.79 Å². The van der Waals surface area contributed by atoms with E-state index in [0.717, 1.165) is 5.56 Å². The van der Waals surface area contributed by atoms with Crippen LogP contribution in [0.15, 0.2) is 48.5 Å². The molecule has 0 aliphatic heterocycles. The summed E-state index contributed by atoms with van der Waals surface area (Å²) in [6.45, 7) is 3.98. The zero-order valence-electron chi connectivity index (χ0n) is 11.5. The fourth-order valence-electron chi connectivity index (χ4n) is 1.86. The van der Waals surface area contributed by atoms with Gasteiger partial charge < -0.3 is 10.6 Å². The summed E-state index contributed by atoms with van der Waals surface area (Å²) in [4.78, 5) is 11.9. The minimum absolute atomic E-state index is 0.0712. The van der Waals surface area contributed by atoms with Gasteiger partial charge in [0.25, 0.3) is 0 Å². The van der Waals surface area contributed by atoms with Crippen LogP contribution in [-0.4, -0.2) is 6.03 Å². The van der Waals surface area contributed by atoms with Crippen LogP contribution in [0.4, 0.5) is 10.5 Å². The Labute approximate surface area is 124 Å². The van der Waals surface area contributed by atoms with Gasteiger partial charge in [-0.05, 0) is 31.5 Å². The van der Waals surface area contributed by atoms with Crippen molar-refractivity contribution in [1.82, 2.24) is 5.32 Å². The SMILES string of the molecule is Cc1ccc([C@H](C)NC(=O)Nc2ccccc2Cl)cc1. The first kappa shape index (κ1) is 14.4. The van der Waals surface area contributed by atoms with Crippen LogP contribution in [0.1, 0.15) is 24.1 Å². The van der Waals surface area contributed by atoms with Crippen molar-refractivity contribution >= 4 is 23.3 Å². The van der Waals surface area contributed by atoms with Gasteiger partial charge in [-0.2, -0.15) is 0 Å². The molecule has 4 heteroatoms. The topological polar surface area (TPSA) is 41.1 Å². The second-order valence-corrected chi connectivity index (χ2v) is 5.12. The minimum atomic E-state index is -0.272. The third kappa shape index (κ3) is 3.75. The van der Waals surface area contributed by atoms with Crippen molar-refractivity contribution in [3.63, 3.8) is 0 Å². The van der Waals surface area contributed by atoms with Crippen LogP contribution in [0.25, 0.3) is 0 Å². The van der Waals surface area contributed by atoms with Crippen LogP contribution >= 0.6 is 11.6 Å². The lowest BCUT2D eigenvalue weighted by Gasteiger charge is -2.15. The third-order valence-electron chi connectivity index (χ3n) is 3.05. The summed E-state index contributed by atoms with van der Waals surface area (Å²) in [7, 11) is 0. The fourth-order valence-corrected chi connectivity index (χ4v) is 2.04. The number of carbonyl (C=O) groups is 1. The minimum Gasteiger partial charge on any atom is -0.331 e. The molecule has 0 radical (unpaired) electrons. The summed E-state index contributed by atoms with van der Waals surface area (Å²) in [5.41, 5.74) is 2.86. The van der Waals surface area contributed by atoms with Gasteiger partial charge in [0.1, 0.15) is 0 Å². The number of urea groups is 1. The standard InChI is InChI=1S/C16H17ClN2O/c1-11-7-9-13(10-8-11)12(2)18-16(20)19-15-6-4-3-5-14(15)17/h3-10,12H,1-2H3,(H2,18,19,20)/t12-/m0/s1. The smallest absolute Gasteiger partial charge is 0.319 e. The van der Waals surface area contributed by atoms with E-state index < -0.39 is 0 Å². The highest BCUT2D eigenvalue weighted by molar-refractivity contribution is 6.33. The number of carbonyl (C=O) groups excluding carboxylic acids is 1. The van der Waals surface area contributed by atoms with Crippen LogP contribution in [-0.2, 0) is 0 Å². The lowest BCUT2D eigenvalue weighted by Crippen LogP contribution is -2.31. The van der Waals surface area contributed by atoms with E-state index in [1.165, 1.54) is 5.56 Å². The average molecular weight is 289 g/mol. The number of benzene rings is 2. The Bertz CT molecular complexity index is 596. The first-order chi connectivity index (χ1) is 9.56. The molecule has 3 nitrogen and oxygen atoms in total. The van der Waals surface area contributed by atoms with E-state index in [2.05, 4.69) is 10.6 Å². The maximum absolute atomic E-state index is 11.9. The van der Waals surface area contributed by atoms with Crippen LogP contribution < -0.4 is 10.6 Å². The number of hydrogen-bond donors (Lipinski definition) is 2. The Hall–Kier alpha value is -2.00. The van der Waals surface area contributed by atoms with E-state index in [9.17, 15) is 4.79 Å². The quantitative estimate of drug-likeness (QED) is 0.856. The Kier molecular flexibility index (Phi) is 4.64. The molecule has 0 aromatic heterocycles. The highest BCUT2D eigenvalue weighted by atomic mass is 35.5. The predicted molar refractivity (Wildman–Crippen MR) is 83.2 cm³/mol. The second-order valence-electron chi connectivity index (χ2n) is 4.71. The van der Waals surface area contributed by atoms with E-state index in [4.69, 9.17) is 11.6 Å². The van der Waals surface area contributed by atoms with Crippen LogP contribution in [0, 0.1) is 6.92 Å². The maximum atomic E-state index is 11.9. The zero-order valence-corrected chi connectivity index (χ0v) is 12.2. The van der Waals surface area contributed by atoms with Crippen molar-refractivity contribution in [2.45, 2.75) is 19.9 Å². The molecule has 2 rings (SSSR count). The van der Waals surface area contributed by atoms with Gasteiger partial charge >= 0.3 is 6.03 Å². The van der Waals surface area contributed by atoms with Crippen molar-refractivity contribution in [2.24, 2.45) is 0 Å². The Balaban J connectivity index is 1.98. The first-order valence-electron chi connectivity index (χ1n) is 6.45. The van der Waals surface area contributed by atoms with Crippen molar-refractivity contribution in [3.05, 3.63) is 64.7 Å². The summed E-state index contributed by atoms with van der Waals surface area (Å²) in [6, 6.07) is 14.9. The third-order valence-corrected chi connectivity index (χ3v) is 3.38. The number of nitrogens with one attached hydrogen (secondary N) is 2. The number of halogens is 1. The van der Waals surface area contributed by atoms with E-state index in [1.54, 1.807) is 12.1 Å². The molecular formula is C16H17ClN2O. The molecule has 2 aromatic rings. The van der Waals surface area contributed by atoms with E-state index in [0.29, 0.717) is 10.7 Å². The average Bonchev–Trinajstić information content (AvgIpc) is 2.42. The molecule has 2 aromatic carbocycles. The van der Waals surface area contributed by atoms with Gasteiger partial charge in [0.05, 0.1) is 16.8 Å². The molecule has 2 amide bonds. The van der Waals surface area contributed by atoms with Crippen molar-refractivity contribution < 1.29 is 4.79 Å². The highest BCUT2D eigenvalue weighted by Crippen LogP contribution is 2.20. The number of rotatable bonds is 3. The molecule has 2 N–H and O–H groups in total. The lowest BCUT2D eigenvalue weighted by atomic mass is 10.1. The fraction of sp³-hybridized carbons (Fsp3) is 0.188. The zero-order chi connectivity index (χ0) is 14.5. The number of hydrogen-bond acceptors (Lipinski definition) is 1. The first-order valence-corrected chi connectivity index (χ1v) is 6.82. The van der Waals surface area contributed by atoms with Crippen LogP contribution in [0.2, 0.25) is 5.02 Å². The molecule has 0 aliphatic carbocycles. The molecule has 0 heterocycles. The molecule has 0 bridgehead atoms. The number of para-hydroxylation sites is 1. The summed E-state index contributed by atoms with van der Waals surface area (Å²) >= 11 is 6.00. The monoisotopic (exact) mass is 288 g/mol. The molecule has 0 saturated heterocycles. The Morgan fingerprint density at radius 3 is 2.40 bits per heavy atom. The summed E-state index contributed by atoms with van der Waals surface area (Å²) < 4.78 is 0. The molecule has 0 unspecified atom stereocenters. The van der Waals surface area contributed by atoms with Gasteiger partial charge in [0.2, 0.25) is 0 Å². The highest BCUT2D eigenvalue weighted by Gasteiger charge is 2.10. The Morgan fingerprint density at radius 2 is 1.75 bits per heavy atom. The molecule has 1 atom stereocenters. The van der Waals surface area contributed by atoms with Gasteiger partial charge in [-0.1, -0.05) is 53.6 Å². The van der Waals surface area contributed by atoms with Gasteiger partial charge in [-0.15, -0.1) is 0 Å². The van der Waals surface area contributed by atoms with E-state index in [-0.39, 0.29) is 12.1 Å². The van der Waals surface area contributed by atoms with Crippen molar-refractivity contribution in [2.75, 3.05) is 5.32 Å². The predicted octanol–water partition coefficient (Wildman–Crippen LogP) is 4.53. The van der Waals surface area contributed by atoms with E-state index in [1.807, 2.05) is 50.2 Å². The maximum Gasteiger partial charge on any atom is 0.319 e.